The highest BCUT2D eigenvalue weighted by Gasteiger charge is 2.18. The van der Waals surface area contributed by atoms with E-state index in [1.807, 2.05) is 44.2 Å². The number of carbonyl (C=O) groups is 2. The van der Waals surface area contributed by atoms with Gasteiger partial charge in [-0.15, -0.1) is 0 Å². The largest absolute Gasteiger partial charge is 0.481 e. The zero-order valence-corrected chi connectivity index (χ0v) is 11.2. The van der Waals surface area contributed by atoms with Gasteiger partial charge in [-0.3, -0.25) is 9.59 Å². The second-order valence-electron chi connectivity index (χ2n) is 4.70. The van der Waals surface area contributed by atoms with E-state index >= 15 is 0 Å². The second-order valence-corrected chi connectivity index (χ2v) is 4.70. The maximum Gasteiger partial charge on any atom is 0.305 e. The molecule has 1 rings (SSSR count). The molecule has 0 radical (unpaired) electrons. The van der Waals surface area contributed by atoms with Crippen LogP contribution < -0.4 is 5.32 Å². The normalized spacial score (nSPS) is 12.6. The molecule has 0 aliphatic carbocycles. The molecule has 102 valence electrons. The van der Waals surface area contributed by atoms with E-state index in [4.69, 9.17) is 5.11 Å². The van der Waals surface area contributed by atoms with E-state index in [2.05, 4.69) is 5.32 Å². The Morgan fingerprint density at radius 1 is 1.26 bits per heavy atom. The van der Waals surface area contributed by atoms with Crippen molar-refractivity contribution in [3.8, 4) is 0 Å². The van der Waals surface area contributed by atoms with Gasteiger partial charge in [0.05, 0.1) is 6.42 Å². The lowest BCUT2D eigenvalue weighted by Crippen LogP contribution is -2.39. The first-order valence-corrected chi connectivity index (χ1v) is 6.24. The highest BCUT2D eigenvalue weighted by Crippen LogP contribution is 2.06. The average molecular weight is 261 g/mol. The summed E-state index contributed by atoms with van der Waals surface area (Å²) in [4.78, 5) is 22.4. The number of benzene rings is 1. The number of aliphatic carboxylic acids is 1. The molecular formula is C15H19NO3. The Morgan fingerprint density at radius 3 is 2.42 bits per heavy atom. The summed E-state index contributed by atoms with van der Waals surface area (Å²) in [5, 5.41) is 11.5. The van der Waals surface area contributed by atoms with Gasteiger partial charge in [0.1, 0.15) is 0 Å². The predicted molar refractivity (Wildman–Crippen MR) is 74.5 cm³/mol. The van der Waals surface area contributed by atoms with E-state index in [1.54, 1.807) is 6.08 Å². The SMILES string of the molecule is CC(C)C(CC(=O)O)NC(=O)/C=C/c1ccccc1. The molecule has 0 spiro atoms. The zero-order valence-electron chi connectivity index (χ0n) is 11.2. The van der Waals surface area contributed by atoms with Gasteiger partial charge >= 0.3 is 5.97 Å². The Labute approximate surface area is 113 Å². The van der Waals surface area contributed by atoms with Crippen LogP contribution in [0.2, 0.25) is 0 Å². The van der Waals surface area contributed by atoms with Gasteiger partial charge in [0.25, 0.3) is 0 Å². The van der Waals surface area contributed by atoms with Crippen molar-refractivity contribution in [3.63, 3.8) is 0 Å². The molecule has 0 aliphatic rings. The molecule has 2 N–H and O–H groups in total. The van der Waals surface area contributed by atoms with Crippen molar-refractivity contribution in [2.24, 2.45) is 5.92 Å². The molecule has 4 nitrogen and oxygen atoms in total. The van der Waals surface area contributed by atoms with E-state index in [1.165, 1.54) is 6.08 Å². The third-order valence-electron chi connectivity index (χ3n) is 2.75. The van der Waals surface area contributed by atoms with Gasteiger partial charge in [0, 0.05) is 12.1 Å². The molecule has 1 atom stereocenters. The third-order valence-corrected chi connectivity index (χ3v) is 2.75. The summed E-state index contributed by atoms with van der Waals surface area (Å²) in [5.74, 6) is -1.11. The fourth-order valence-corrected chi connectivity index (χ4v) is 1.61. The van der Waals surface area contributed by atoms with Crippen molar-refractivity contribution in [2.75, 3.05) is 0 Å². The smallest absolute Gasteiger partial charge is 0.305 e. The molecule has 0 bridgehead atoms. The maximum atomic E-state index is 11.7. The van der Waals surface area contributed by atoms with Crippen molar-refractivity contribution in [3.05, 3.63) is 42.0 Å². The minimum atomic E-state index is -0.911. The highest BCUT2D eigenvalue weighted by molar-refractivity contribution is 5.92. The number of rotatable bonds is 6. The van der Waals surface area contributed by atoms with Crippen LogP contribution in [-0.2, 0) is 9.59 Å². The number of hydrogen-bond acceptors (Lipinski definition) is 2. The van der Waals surface area contributed by atoms with Crippen molar-refractivity contribution in [1.29, 1.82) is 0 Å². The van der Waals surface area contributed by atoms with Gasteiger partial charge in [-0.05, 0) is 17.6 Å². The molecule has 0 heterocycles. The summed E-state index contributed by atoms with van der Waals surface area (Å²) < 4.78 is 0. The van der Waals surface area contributed by atoms with E-state index < -0.39 is 5.97 Å². The highest BCUT2D eigenvalue weighted by atomic mass is 16.4. The van der Waals surface area contributed by atoms with Crippen LogP contribution in [0.5, 0.6) is 0 Å². The lowest BCUT2D eigenvalue weighted by molar-refractivity contribution is -0.138. The minimum absolute atomic E-state index is 0.0669. The number of carboxylic acids is 1. The van der Waals surface area contributed by atoms with Crippen LogP contribution in [0.3, 0.4) is 0 Å². The average Bonchev–Trinajstić information content (AvgIpc) is 2.36. The standard InChI is InChI=1S/C15H19NO3/c1-11(2)13(10-15(18)19)16-14(17)9-8-12-6-4-3-5-7-12/h3-9,11,13H,10H2,1-2H3,(H,16,17)(H,18,19)/b9-8+. The topological polar surface area (TPSA) is 66.4 Å². The molecular weight excluding hydrogens is 242 g/mol. The lowest BCUT2D eigenvalue weighted by atomic mass is 10.0. The molecule has 1 unspecified atom stereocenters. The number of carbonyl (C=O) groups excluding carboxylic acids is 1. The Hall–Kier alpha value is -2.10. The first kappa shape index (κ1) is 15.0. The number of carboxylic acid groups (broad SMARTS) is 1. The minimum Gasteiger partial charge on any atom is -0.481 e. The van der Waals surface area contributed by atoms with Crippen LogP contribution in [0.1, 0.15) is 25.8 Å². The quantitative estimate of drug-likeness (QED) is 0.772. The first-order chi connectivity index (χ1) is 8.99. The fourth-order valence-electron chi connectivity index (χ4n) is 1.61. The van der Waals surface area contributed by atoms with Gasteiger partial charge < -0.3 is 10.4 Å². The zero-order chi connectivity index (χ0) is 14.3. The summed E-state index contributed by atoms with van der Waals surface area (Å²) in [5.41, 5.74) is 0.928. The molecule has 1 aromatic rings. The summed E-state index contributed by atoms with van der Waals surface area (Å²) >= 11 is 0. The molecule has 4 heteroatoms. The molecule has 1 aromatic carbocycles. The van der Waals surface area contributed by atoms with E-state index in [-0.39, 0.29) is 24.3 Å². The van der Waals surface area contributed by atoms with Crippen LogP contribution >= 0.6 is 0 Å². The number of nitrogens with one attached hydrogen (secondary N) is 1. The lowest BCUT2D eigenvalue weighted by Gasteiger charge is -2.19. The molecule has 19 heavy (non-hydrogen) atoms. The van der Waals surface area contributed by atoms with Crippen molar-refractivity contribution < 1.29 is 14.7 Å². The maximum absolute atomic E-state index is 11.7. The Kier molecular flexibility index (Phi) is 5.79. The molecule has 0 saturated carbocycles. The molecule has 0 saturated heterocycles. The summed E-state index contributed by atoms with van der Waals surface area (Å²) in [7, 11) is 0. The second kappa shape index (κ2) is 7.36. The monoisotopic (exact) mass is 261 g/mol. The molecule has 0 aromatic heterocycles. The fraction of sp³-hybridized carbons (Fsp3) is 0.333. The van der Waals surface area contributed by atoms with Gasteiger partial charge in [0.15, 0.2) is 0 Å². The van der Waals surface area contributed by atoms with Gasteiger partial charge in [-0.25, -0.2) is 0 Å². The summed E-state index contributed by atoms with van der Waals surface area (Å²) in [6, 6.07) is 9.10. The molecule has 1 amide bonds. The Balaban J connectivity index is 2.58. The van der Waals surface area contributed by atoms with E-state index in [9.17, 15) is 9.59 Å². The Bertz CT molecular complexity index is 452. The van der Waals surface area contributed by atoms with Crippen LogP contribution in [0, 0.1) is 5.92 Å². The number of amides is 1. The van der Waals surface area contributed by atoms with Crippen LogP contribution in [0.25, 0.3) is 6.08 Å². The molecule has 0 aliphatic heterocycles. The first-order valence-electron chi connectivity index (χ1n) is 6.24. The summed E-state index contributed by atoms with van der Waals surface area (Å²) in [6.45, 7) is 3.77. The van der Waals surface area contributed by atoms with Crippen molar-refractivity contribution in [2.45, 2.75) is 26.3 Å². The Morgan fingerprint density at radius 2 is 1.89 bits per heavy atom. The van der Waals surface area contributed by atoms with Crippen molar-refractivity contribution in [1.82, 2.24) is 5.32 Å². The van der Waals surface area contributed by atoms with Crippen LogP contribution in [-0.4, -0.2) is 23.0 Å². The summed E-state index contributed by atoms with van der Waals surface area (Å²) in [6.07, 6.45) is 3.06. The number of hydrogen-bond donors (Lipinski definition) is 2. The van der Waals surface area contributed by atoms with Gasteiger partial charge in [-0.2, -0.15) is 0 Å². The third kappa shape index (κ3) is 5.86. The van der Waals surface area contributed by atoms with E-state index in [0.717, 1.165) is 5.56 Å². The predicted octanol–water partition coefficient (Wildman–Crippen LogP) is 2.32. The van der Waals surface area contributed by atoms with Crippen LogP contribution in [0.15, 0.2) is 36.4 Å². The van der Waals surface area contributed by atoms with E-state index in [0.29, 0.717) is 0 Å². The van der Waals surface area contributed by atoms with Gasteiger partial charge in [0.2, 0.25) is 5.91 Å². The van der Waals surface area contributed by atoms with Gasteiger partial charge in [-0.1, -0.05) is 44.2 Å². The van der Waals surface area contributed by atoms with Crippen LogP contribution in [0.4, 0.5) is 0 Å². The van der Waals surface area contributed by atoms with Crippen molar-refractivity contribution >= 4 is 18.0 Å². The molecule has 0 fully saturated rings.